The summed E-state index contributed by atoms with van der Waals surface area (Å²) in [5.74, 6) is 0.593. The Morgan fingerprint density at radius 3 is 2.26 bits per heavy atom. The van der Waals surface area contributed by atoms with Gasteiger partial charge in [-0.25, -0.2) is 0 Å². The molecule has 1 heterocycles. The van der Waals surface area contributed by atoms with Gasteiger partial charge in [0, 0.05) is 24.1 Å². The van der Waals surface area contributed by atoms with Crippen molar-refractivity contribution >= 4 is 5.78 Å². The number of rotatable bonds is 4. The van der Waals surface area contributed by atoms with E-state index in [2.05, 4.69) is 48.4 Å². The molecule has 0 aromatic heterocycles. The first-order valence-corrected chi connectivity index (χ1v) is 12.6. The Morgan fingerprint density at radius 2 is 1.65 bits per heavy atom. The van der Waals surface area contributed by atoms with Crippen molar-refractivity contribution in [2.24, 2.45) is 11.8 Å². The van der Waals surface area contributed by atoms with Crippen LogP contribution in [0.5, 0.6) is 0 Å². The predicted octanol–water partition coefficient (Wildman–Crippen LogP) is 6.48. The van der Waals surface area contributed by atoms with Crippen LogP contribution in [-0.2, 0) is 11.2 Å². The van der Waals surface area contributed by atoms with E-state index >= 15 is 0 Å². The highest BCUT2D eigenvalue weighted by Gasteiger charge is 2.42. The summed E-state index contributed by atoms with van der Waals surface area (Å²) in [6, 6.07) is 9.45. The first-order chi connectivity index (χ1) is 15.0. The molecule has 172 valence electrons. The van der Waals surface area contributed by atoms with Gasteiger partial charge in [-0.15, -0.1) is 0 Å². The van der Waals surface area contributed by atoms with Gasteiger partial charge in [0.15, 0.2) is 0 Å². The number of hydrogen-bond donors (Lipinski definition) is 2. The second-order valence-electron chi connectivity index (χ2n) is 8.72. The fourth-order valence-corrected chi connectivity index (χ4v) is 5.02. The molecule has 3 heteroatoms. The molecule has 3 unspecified atom stereocenters. The van der Waals surface area contributed by atoms with Crippen LogP contribution in [0, 0.1) is 18.8 Å². The van der Waals surface area contributed by atoms with Crippen LogP contribution in [-0.4, -0.2) is 18.0 Å². The van der Waals surface area contributed by atoms with Crippen LogP contribution < -0.4 is 10.6 Å². The van der Waals surface area contributed by atoms with Crippen molar-refractivity contribution in [1.82, 2.24) is 10.6 Å². The van der Waals surface area contributed by atoms with Gasteiger partial charge >= 0.3 is 0 Å². The van der Waals surface area contributed by atoms with Gasteiger partial charge in [0.05, 0.1) is 12.1 Å². The summed E-state index contributed by atoms with van der Waals surface area (Å²) in [7, 11) is 0. The standard InChI is InChI=1S/C24H32N2O.2C2H6/c1-15-9-11-18(12-10-15)14-20-22-16(2)13-21(27)17(3)23(22)26-24(20)25-19-7-5-4-6-8-19;2*1-2/h9-12,17,19-20,24-26H,2,4-8,13-14H2,1,3H3;2*1-2H3. The normalized spacial score (nSPS) is 25.7. The third-order valence-corrected chi connectivity index (χ3v) is 6.66. The second kappa shape index (κ2) is 12.2. The largest absolute Gasteiger partial charge is 0.372 e. The van der Waals surface area contributed by atoms with Crippen LogP contribution in [0.1, 0.15) is 84.3 Å². The Hall–Kier alpha value is -1.87. The zero-order chi connectivity index (χ0) is 23.0. The van der Waals surface area contributed by atoms with E-state index in [-0.39, 0.29) is 12.1 Å². The Balaban J connectivity index is 0.000000807. The SMILES string of the molecule is C=C1CC(=O)C(C)C2=C1C(Cc1ccc(C)cc1)C(NC1CCCCC1)N2.CC.CC. The lowest BCUT2D eigenvalue weighted by molar-refractivity contribution is -0.121. The smallest absolute Gasteiger partial charge is 0.145 e. The average molecular weight is 425 g/mol. The number of carbonyl (C=O) groups is 1. The third kappa shape index (κ3) is 6.10. The Bertz CT molecular complexity index is 756. The zero-order valence-corrected chi connectivity index (χ0v) is 20.7. The molecule has 1 aromatic carbocycles. The summed E-state index contributed by atoms with van der Waals surface area (Å²) in [5.41, 5.74) is 6.11. The number of allylic oxidation sites excluding steroid dienone is 2. The third-order valence-electron chi connectivity index (χ3n) is 6.66. The van der Waals surface area contributed by atoms with Crippen LogP contribution >= 0.6 is 0 Å². The molecular weight excluding hydrogens is 380 g/mol. The van der Waals surface area contributed by atoms with E-state index in [0.717, 1.165) is 17.7 Å². The molecule has 1 fully saturated rings. The molecule has 2 N–H and O–H groups in total. The van der Waals surface area contributed by atoms with Gasteiger partial charge in [-0.05, 0) is 49.8 Å². The molecule has 3 atom stereocenters. The predicted molar refractivity (Wildman–Crippen MR) is 133 cm³/mol. The molecule has 0 radical (unpaired) electrons. The molecule has 2 aliphatic carbocycles. The maximum atomic E-state index is 12.4. The Morgan fingerprint density at radius 1 is 1.03 bits per heavy atom. The van der Waals surface area contributed by atoms with Crippen molar-refractivity contribution in [1.29, 1.82) is 0 Å². The minimum atomic E-state index is -0.0378. The lowest BCUT2D eigenvalue weighted by Crippen LogP contribution is -2.49. The summed E-state index contributed by atoms with van der Waals surface area (Å²) in [6.45, 7) is 16.5. The number of aryl methyl sites for hydroxylation is 1. The number of nitrogens with one attached hydrogen (secondary N) is 2. The van der Waals surface area contributed by atoms with Gasteiger partial charge in [-0.3, -0.25) is 10.1 Å². The summed E-state index contributed by atoms with van der Waals surface area (Å²) < 4.78 is 0. The molecule has 1 aromatic rings. The van der Waals surface area contributed by atoms with Crippen LogP contribution in [0.2, 0.25) is 0 Å². The number of benzene rings is 1. The van der Waals surface area contributed by atoms with Crippen LogP contribution in [0.3, 0.4) is 0 Å². The van der Waals surface area contributed by atoms with E-state index in [1.54, 1.807) is 0 Å². The number of ketones is 1. The Kier molecular flexibility index (Phi) is 10.0. The van der Waals surface area contributed by atoms with Gasteiger partial charge in [0.25, 0.3) is 0 Å². The van der Waals surface area contributed by atoms with E-state index in [1.807, 2.05) is 34.6 Å². The molecule has 3 aliphatic rings. The van der Waals surface area contributed by atoms with Gasteiger partial charge < -0.3 is 5.32 Å². The van der Waals surface area contributed by atoms with E-state index in [1.165, 1.54) is 48.8 Å². The van der Waals surface area contributed by atoms with Crippen molar-refractivity contribution in [3.05, 3.63) is 58.8 Å². The average Bonchev–Trinajstić information content (AvgIpc) is 3.15. The van der Waals surface area contributed by atoms with Gasteiger partial charge in [0.1, 0.15) is 5.78 Å². The van der Waals surface area contributed by atoms with Crippen molar-refractivity contribution in [3.63, 3.8) is 0 Å². The lowest BCUT2D eigenvalue weighted by atomic mass is 9.78. The van der Waals surface area contributed by atoms with Crippen LogP contribution in [0.25, 0.3) is 0 Å². The highest BCUT2D eigenvalue weighted by atomic mass is 16.1. The number of hydrogen-bond acceptors (Lipinski definition) is 3. The van der Waals surface area contributed by atoms with Gasteiger partial charge in [0.2, 0.25) is 0 Å². The highest BCUT2D eigenvalue weighted by Crippen LogP contribution is 2.41. The molecule has 1 aliphatic heterocycles. The van der Waals surface area contributed by atoms with E-state index in [0.29, 0.717) is 24.2 Å². The molecule has 31 heavy (non-hydrogen) atoms. The summed E-state index contributed by atoms with van der Waals surface area (Å²) in [6.07, 6.45) is 8.21. The first-order valence-electron chi connectivity index (χ1n) is 12.6. The van der Waals surface area contributed by atoms with Gasteiger partial charge in [-0.1, -0.05) is 83.4 Å². The lowest BCUT2D eigenvalue weighted by Gasteiger charge is -2.31. The number of carbonyl (C=O) groups excluding carboxylic acids is 1. The fraction of sp³-hybridized carbons (Fsp3) is 0.607. The second-order valence-corrected chi connectivity index (χ2v) is 8.72. The van der Waals surface area contributed by atoms with Crippen LogP contribution in [0.15, 0.2) is 47.7 Å². The van der Waals surface area contributed by atoms with Crippen molar-refractivity contribution in [2.75, 3.05) is 0 Å². The molecular formula is C28H44N2O. The molecule has 1 saturated carbocycles. The molecule has 0 spiro atoms. The molecule has 3 nitrogen and oxygen atoms in total. The fourth-order valence-electron chi connectivity index (χ4n) is 5.02. The van der Waals surface area contributed by atoms with Crippen molar-refractivity contribution < 1.29 is 4.79 Å². The minimum Gasteiger partial charge on any atom is -0.372 e. The quantitative estimate of drug-likeness (QED) is 0.581. The van der Waals surface area contributed by atoms with E-state index < -0.39 is 0 Å². The zero-order valence-electron chi connectivity index (χ0n) is 20.7. The minimum absolute atomic E-state index is 0.0378. The van der Waals surface area contributed by atoms with Crippen LogP contribution in [0.4, 0.5) is 0 Å². The molecule has 0 saturated heterocycles. The monoisotopic (exact) mass is 424 g/mol. The summed E-state index contributed by atoms with van der Waals surface area (Å²) in [4.78, 5) is 12.4. The summed E-state index contributed by atoms with van der Waals surface area (Å²) in [5, 5.41) is 7.63. The van der Waals surface area contributed by atoms with Crippen molar-refractivity contribution in [2.45, 2.75) is 98.7 Å². The first kappa shape index (κ1) is 25.4. The van der Waals surface area contributed by atoms with E-state index in [4.69, 9.17) is 0 Å². The van der Waals surface area contributed by atoms with Gasteiger partial charge in [-0.2, -0.15) is 0 Å². The molecule has 0 bridgehead atoms. The molecule has 0 amide bonds. The topological polar surface area (TPSA) is 41.1 Å². The molecule has 4 rings (SSSR count). The van der Waals surface area contributed by atoms with E-state index in [9.17, 15) is 4.79 Å². The maximum Gasteiger partial charge on any atom is 0.145 e. The van der Waals surface area contributed by atoms with Crippen molar-refractivity contribution in [3.8, 4) is 0 Å². The number of Topliss-reactive ketones (excluding diaryl/α,β-unsaturated/α-hetero) is 1. The maximum absolute atomic E-state index is 12.4. The Labute approximate surface area is 190 Å². The highest BCUT2D eigenvalue weighted by molar-refractivity contribution is 5.89. The summed E-state index contributed by atoms with van der Waals surface area (Å²) >= 11 is 0.